The van der Waals surface area contributed by atoms with Gasteiger partial charge in [-0.15, -0.1) is 0 Å². The average molecular weight is 426 g/mol. The predicted octanol–water partition coefficient (Wildman–Crippen LogP) is 1.64. The molecule has 3 rings (SSSR count). The van der Waals surface area contributed by atoms with Crippen molar-refractivity contribution in [2.45, 2.75) is 6.18 Å². The van der Waals surface area contributed by atoms with E-state index < -0.39 is 11.7 Å². The van der Waals surface area contributed by atoms with Crippen LogP contribution in [-0.2, 0) is 15.7 Å². The van der Waals surface area contributed by atoms with Crippen LogP contribution in [0.5, 0.6) is 0 Å². The number of nitrogens with zero attached hydrogens (tertiary/aromatic N) is 5. The first-order valence-electron chi connectivity index (χ1n) is 9.57. The smallest absolute Gasteiger partial charge is 0.384 e. The van der Waals surface area contributed by atoms with E-state index in [1.807, 2.05) is 9.80 Å². The summed E-state index contributed by atoms with van der Waals surface area (Å²) in [4.78, 5) is 16.3. The number of aliphatic imine (C=N–C) groups is 2. The Morgan fingerprint density at radius 3 is 2.40 bits per heavy atom. The largest absolute Gasteiger partial charge is 0.417 e. The molecule has 164 valence electrons. The van der Waals surface area contributed by atoms with Gasteiger partial charge < -0.3 is 20.1 Å². The van der Waals surface area contributed by atoms with Crippen LogP contribution in [0.25, 0.3) is 0 Å². The van der Waals surface area contributed by atoms with Crippen molar-refractivity contribution in [2.75, 3.05) is 65.0 Å². The summed E-state index contributed by atoms with van der Waals surface area (Å²) >= 11 is 0. The summed E-state index contributed by atoms with van der Waals surface area (Å²) in [7, 11) is 0. The lowest BCUT2D eigenvalue weighted by molar-refractivity contribution is -0.137. The molecule has 0 aromatic carbocycles. The Labute approximate surface area is 172 Å². The molecule has 0 atom stereocenters. The zero-order valence-corrected chi connectivity index (χ0v) is 16.6. The first-order chi connectivity index (χ1) is 14.4. The molecule has 8 nitrogen and oxygen atoms in total. The number of halogens is 3. The molecule has 2 saturated heterocycles. The molecule has 0 spiro atoms. The van der Waals surface area contributed by atoms with E-state index in [9.17, 15) is 13.2 Å². The third-order valence-electron chi connectivity index (χ3n) is 4.81. The molecule has 2 N–H and O–H groups in total. The van der Waals surface area contributed by atoms with Crippen LogP contribution in [0.3, 0.4) is 0 Å². The second kappa shape index (κ2) is 10.0. The highest BCUT2D eigenvalue weighted by Crippen LogP contribution is 2.33. The van der Waals surface area contributed by atoms with E-state index in [2.05, 4.69) is 21.7 Å². The fraction of sp³-hybridized carbons (Fsp3) is 0.526. The second-order valence-electron chi connectivity index (χ2n) is 6.83. The first-order valence-corrected chi connectivity index (χ1v) is 9.57. The maximum Gasteiger partial charge on any atom is 0.417 e. The first kappa shape index (κ1) is 22.2. The van der Waals surface area contributed by atoms with Crippen molar-refractivity contribution >= 4 is 18.2 Å². The van der Waals surface area contributed by atoms with Gasteiger partial charge in [-0.25, -0.2) is 9.98 Å². The maximum atomic E-state index is 13.7. The zero-order chi connectivity index (χ0) is 21.6. The van der Waals surface area contributed by atoms with Crippen LogP contribution in [0.15, 0.2) is 34.1 Å². The highest BCUT2D eigenvalue weighted by Gasteiger charge is 2.35. The summed E-state index contributed by atoms with van der Waals surface area (Å²) in [6.07, 6.45) is -1.99. The Bertz CT molecular complexity index is 800. The van der Waals surface area contributed by atoms with Crippen LogP contribution in [0.4, 0.5) is 19.0 Å². The van der Waals surface area contributed by atoms with E-state index in [-0.39, 0.29) is 23.8 Å². The van der Waals surface area contributed by atoms with Gasteiger partial charge in [-0.3, -0.25) is 9.89 Å². The summed E-state index contributed by atoms with van der Waals surface area (Å²) in [5.41, 5.74) is 4.60. The van der Waals surface area contributed by atoms with Gasteiger partial charge in [0.15, 0.2) is 0 Å². The van der Waals surface area contributed by atoms with Crippen LogP contribution >= 0.6 is 0 Å². The minimum atomic E-state index is -4.61. The summed E-state index contributed by atoms with van der Waals surface area (Å²) in [5.74, 6) is 0.224. The number of nitrogen functional groups attached to an aromatic ring is 1. The predicted molar refractivity (Wildman–Crippen MR) is 107 cm³/mol. The SMILES string of the molecule is C=N/C(=C\C(=N/CN1CCOCC1)c1cnc(N)cc1C(F)(F)F)N1CCOCC1. The average Bonchev–Trinajstić information content (AvgIpc) is 2.75. The Morgan fingerprint density at radius 2 is 1.80 bits per heavy atom. The van der Waals surface area contributed by atoms with Crippen LogP contribution in [0.2, 0.25) is 0 Å². The molecule has 0 aliphatic carbocycles. The second-order valence-corrected chi connectivity index (χ2v) is 6.83. The highest BCUT2D eigenvalue weighted by molar-refractivity contribution is 6.10. The number of rotatable bonds is 6. The molecule has 3 heterocycles. The van der Waals surface area contributed by atoms with Gasteiger partial charge in [0.1, 0.15) is 11.6 Å². The standard InChI is InChI=1S/C19H25F3N6O2/c1-24-18(28-4-8-30-9-5-28)11-16(26-13-27-2-6-29-7-3-27)14-12-25-17(23)10-15(14)19(20,21)22/h10-12H,1-9,13H2,(H2,23,25)/b18-11+,26-16+. The van der Waals surface area contributed by atoms with Crippen molar-refractivity contribution in [1.82, 2.24) is 14.8 Å². The third kappa shape index (κ3) is 5.77. The molecule has 1 aromatic heterocycles. The van der Waals surface area contributed by atoms with Gasteiger partial charge in [0.2, 0.25) is 0 Å². The topological polar surface area (TPSA) is 88.6 Å². The summed E-state index contributed by atoms with van der Waals surface area (Å²) in [6, 6.07) is 0.823. The van der Waals surface area contributed by atoms with Gasteiger partial charge in [0, 0.05) is 44.0 Å². The van der Waals surface area contributed by atoms with Crippen molar-refractivity contribution in [2.24, 2.45) is 9.98 Å². The lowest BCUT2D eigenvalue weighted by atomic mass is 10.0. The number of morpholine rings is 2. The molecule has 0 bridgehead atoms. The minimum Gasteiger partial charge on any atom is -0.384 e. The zero-order valence-electron chi connectivity index (χ0n) is 16.6. The molecule has 0 saturated carbocycles. The molecule has 2 fully saturated rings. The highest BCUT2D eigenvalue weighted by atomic mass is 19.4. The molecule has 0 radical (unpaired) electrons. The number of ether oxygens (including phenoxy) is 2. The fourth-order valence-electron chi connectivity index (χ4n) is 3.19. The van der Waals surface area contributed by atoms with Crippen molar-refractivity contribution < 1.29 is 22.6 Å². The lowest BCUT2D eigenvalue weighted by Crippen LogP contribution is -2.37. The molecule has 1 aromatic rings. The summed E-state index contributed by atoms with van der Waals surface area (Å²) in [5, 5.41) is 0. The van der Waals surface area contributed by atoms with Gasteiger partial charge in [0.25, 0.3) is 0 Å². The number of nitrogens with two attached hydrogens (primary N) is 1. The van der Waals surface area contributed by atoms with E-state index in [4.69, 9.17) is 15.2 Å². The van der Waals surface area contributed by atoms with E-state index in [1.54, 1.807) is 0 Å². The molecule has 2 aliphatic heterocycles. The number of alkyl halides is 3. The maximum absolute atomic E-state index is 13.7. The van der Waals surface area contributed by atoms with Crippen LogP contribution in [-0.4, -0.2) is 86.5 Å². The number of hydrogen-bond donors (Lipinski definition) is 1. The van der Waals surface area contributed by atoms with Gasteiger partial charge in [-0.05, 0) is 12.8 Å². The summed E-state index contributed by atoms with van der Waals surface area (Å²) in [6.45, 7) is 8.37. The number of pyridine rings is 1. The Balaban J connectivity index is 2.01. The Hall–Kier alpha value is -2.50. The van der Waals surface area contributed by atoms with Crippen molar-refractivity contribution in [3.8, 4) is 0 Å². The van der Waals surface area contributed by atoms with E-state index in [1.165, 1.54) is 6.08 Å². The monoisotopic (exact) mass is 426 g/mol. The van der Waals surface area contributed by atoms with Crippen LogP contribution < -0.4 is 5.73 Å². The van der Waals surface area contributed by atoms with Crippen molar-refractivity contribution in [3.63, 3.8) is 0 Å². The third-order valence-corrected chi connectivity index (χ3v) is 4.81. The molecular formula is C19H25F3N6O2. The molecule has 0 unspecified atom stereocenters. The Morgan fingerprint density at radius 1 is 1.17 bits per heavy atom. The number of anilines is 1. The van der Waals surface area contributed by atoms with Crippen molar-refractivity contribution in [3.05, 3.63) is 35.3 Å². The normalized spacial score (nSPS) is 19.8. The van der Waals surface area contributed by atoms with Crippen LogP contribution in [0, 0.1) is 0 Å². The molecule has 30 heavy (non-hydrogen) atoms. The van der Waals surface area contributed by atoms with Gasteiger partial charge >= 0.3 is 6.18 Å². The van der Waals surface area contributed by atoms with E-state index in [0.29, 0.717) is 58.4 Å². The molecule has 11 heteroatoms. The lowest BCUT2D eigenvalue weighted by Gasteiger charge is -2.29. The van der Waals surface area contributed by atoms with Gasteiger partial charge in [0.05, 0.1) is 44.4 Å². The number of aromatic nitrogens is 1. The molecule has 0 amide bonds. The van der Waals surface area contributed by atoms with Crippen molar-refractivity contribution in [1.29, 1.82) is 0 Å². The minimum absolute atomic E-state index is 0.121. The van der Waals surface area contributed by atoms with E-state index >= 15 is 0 Å². The van der Waals surface area contributed by atoms with E-state index in [0.717, 1.165) is 12.3 Å². The fourth-order valence-corrected chi connectivity index (χ4v) is 3.19. The number of allylic oxidation sites excluding steroid dienone is 1. The molecular weight excluding hydrogens is 401 g/mol. The van der Waals surface area contributed by atoms with Gasteiger partial charge in [-0.1, -0.05) is 0 Å². The van der Waals surface area contributed by atoms with Crippen LogP contribution in [0.1, 0.15) is 11.1 Å². The molecule has 2 aliphatic rings. The Kier molecular flexibility index (Phi) is 7.40. The number of hydrogen-bond acceptors (Lipinski definition) is 8. The summed E-state index contributed by atoms with van der Waals surface area (Å²) < 4.78 is 51.8. The quantitative estimate of drug-likeness (QED) is 0.696. The van der Waals surface area contributed by atoms with Gasteiger partial charge in [-0.2, -0.15) is 13.2 Å².